The van der Waals surface area contributed by atoms with Gasteiger partial charge in [-0.25, -0.2) is 0 Å². The number of phenols is 7. The van der Waals surface area contributed by atoms with Gasteiger partial charge in [0, 0.05) is 28.8 Å². The minimum absolute atomic E-state index is 0.0311. The fourth-order valence-electron chi connectivity index (χ4n) is 5.34. The fraction of sp³-hybridized carbons (Fsp3) is 0.188. The van der Waals surface area contributed by atoms with Crippen molar-refractivity contribution < 1.29 is 35.7 Å². The van der Waals surface area contributed by atoms with E-state index in [2.05, 4.69) is 10.6 Å². The number of benzene rings is 5. The van der Waals surface area contributed by atoms with Gasteiger partial charge in [0.15, 0.2) is 0 Å². The summed E-state index contributed by atoms with van der Waals surface area (Å²) in [5.74, 6) is -0.384. The molecule has 2 atom stereocenters. The Morgan fingerprint density at radius 3 is 1.54 bits per heavy atom. The van der Waals surface area contributed by atoms with Gasteiger partial charge in [-0.2, -0.15) is 0 Å². The summed E-state index contributed by atoms with van der Waals surface area (Å²) in [6.07, 6.45) is 0.699. The Balaban J connectivity index is 1.58. The number of hydrogen-bond donors (Lipinski definition) is 9. The molecule has 0 bridgehead atoms. The van der Waals surface area contributed by atoms with Crippen molar-refractivity contribution in [2.75, 3.05) is 10.6 Å². The zero-order valence-corrected chi connectivity index (χ0v) is 22.6. The largest absolute Gasteiger partial charge is 0.508 e. The molecule has 5 aromatic carbocycles. The number of aromatic hydroxyl groups is 7. The van der Waals surface area contributed by atoms with Crippen LogP contribution in [-0.2, 0) is 12.8 Å². The lowest BCUT2D eigenvalue weighted by Crippen LogP contribution is -2.20. The summed E-state index contributed by atoms with van der Waals surface area (Å²) in [7, 11) is 0. The van der Waals surface area contributed by atoms with Crippen LogP contribution in [0.25, 0.3) is 21.5 Å². The van der Waals surface area contributed by atoms with E-state index in [9.17, 15) is 35.7 Å². The standard InChI is InChI=1S/C32H32N2O7/c1-16(12-18-14-20(35)6-10-25(18)37)33-23-8-9-24(34-17(2)13-19-15-21(36)7-11-26(19)38)30-29(23)31(40)22-4-3-5-27(39)28(22)32(30)41/h3-11,14-17,33-41H,12-13H2,1-2H3. The lowest BCUT2D eigenvalue weighted by molar-refractivity contribution is 0.453. The summed E-state index contributed by atoms with van der Waals surface area (Å²) in [4.78, 5) is 0. The summed E-state index contributed by atoms with van der Waals surface area (Å²) < 4.78 is 0. The molecule has 5 rings (SSSR count). The number of rotatable bonds is 8. The van der Waals surface area contributed by atoms with E-state index in [1.165, 1.54) is 42.5 Å². The second-order valence-corrected chi connectivity index (χ2v) is 10.4. The van der Waals surface area contributed by atoms with E-state index in [-0.39, 0.29) is 68.5 Å². The molecule has 0 saturated carbocycles. The normalized spacial score (nSPS) is 12.8. The lowest BCUT2D eigenvalue weighted by Gasteiger charge is -2.23. The van der Waals surface area contributed by atoms with Gasteiger partial charge in [-0.1, -0.05) is 12.1 Å². The highest BCUT2D eigenvalue weighted by Crippen LogP contribution is 2.50. The molecule has 9 heteroatoms. The minimum Gasteiger partial charge on any atom is -0.508 e. The number of phenolic OH excluding ortho intramolecular Hbond substituents is 7. The molecule has 0 radical (unpaired) electrons. The highest BCUT2D eigenvalue weighted by molar-refractivity contribution is 6.19. The van der Waals surface area contributed by atoms with Crippen LogP contribution < -0.4 is 10.6 Å². The maximum absolute atomic E-state index is 11.5. The third-order valence-electron chi connectivity index (χ3n) is 7.20. The fourth-order valence-corrected chi connectivity index (χ4v) is 5.34. The van der Waals surface area contributed by atoms with Crippen LogP contribution in [0.1, 0.15) is 25.0 Å². The lowest BCUT2D eigenvalue weighted by atomic mass is 9.96. The van der Waals surface area contributed by atoms with Crippen molar-refractivity contribution >= 4 is 32.9 Å². The zero-order chi connectivity index (χ0) is 29.4. The smallest absolute Gasteiger partial charge is 0.137 e. The molecule has 0 aliphatic heterocycles. The molecule has 2 unspecified atom stereocenters. The van der Waals surface area contributed by atoms with Crippen LogP contribution in [0.2, 0.25) is 0 Å². The van der Waals surface area contributed by atoms with Crippen molar-refractivity contribution in [1.29, 1.82) is 0 Å². The van der Waals surface area contributed by atoms with Crippen molar-refractivity contribution in [3.05, 3.63) is 77.9 Å². The van der Waals surface area contributed by atoms with Gasteiger partial charge in [0.05, 0.1) is 16.2 Å². The molecule has 0 saturated heterocycles. The van der Waals surface area contributed by atoms with Crippen LogP contribution in [0.3, 0.4) is 0 Å². The summed E-state index contributed by atoms with van der Waals surface area (Å²) >= 11 is 0. The minimum atomic E-state index is -0.279. The first-order valence-corrected chi connectivity index (χ1v) is 13.2. The van der Waals surface area contributed by atoms with Crippen molar-refractivity contribution in [3.8, 4) is 40.2 Å². The van der Waals surface area contributed by atoms with Crippen LogP contribution in [0.4, 0.5) is 11.4 Å². The van der Waals surface area contributed by atoms with E-state index in [0.717, 1.165) is 0 Å². The van der Waals surface area contributed by atoms with Gasteiger partial charge in [-0.15, -0.1) is 0 Å². The van der Waals surface area contributed by atoms with E-state index >= 15 is 0 Å². The van der Waals surface area contributed by atoms with Crippen molar-refractivity contribution in [1.82, 2.24) is 0 Å². The van der Waals surface area contributed by atoms with E-state index < -0.39 is 0 Å². The van der Waals surface area contributed by atoms with Crippen LogP contribution >= 0.6 is 0 Å². The molecule has 41 heavy (non-hydrogen) atoms. The summed E-state index contributed by atoms with van der Waals surface area (Å²) in [5, 5.41) is 81.3. The maximum Gasteiger partial charge on any atom is 0.137 e. The number of nitrogens with one attached hydrogen (secondary N) is 2. The first kappa shape index (κ1) is 27.4. The monoisotopic (exact) mass is 556 g/mol. The van der Waals surface area contributed by atoms with Gasteiger partial charge < -0.3 is 46.4 Å². The molecule has 9 N–H and O–H groups in total. The zero-order valence-electron chi connectivity index (χ0n) is 22.6. The van der Waals surface area contributed by atoms with Gasteiger partial charge >= 0.3 is 0 Å². The molecule has 0 spiro atoms. The predicted octanol–water partition coefficient (Wildman–Crippen LogP) is 6.02. The molecule has 0 aliphatic carbocycles. The van der Waals surface area contributed by atoms with Crippen LogP contribution in [-0.4, -0.2) is 47.8 Å². The molecule has 0 aromatic heterocycles. The average Bonchev–Trinajstić information content (AvgIpc) is 2.92. The van der Waals surface area contributed by atoms with Crippen molar-refractivity contribution in [2.24, 2.45) is 0 Å². The molecule has 9 nitrogen and oxygen atoms in total. The molecule has 0 heterocycles. The summed E-state index contributed by atoms with van der Waals surface area (Å²) in [6.45, 7) is 3.76. The highest BCUT2D eigenvalue weighted by atomic mass is 16.3. The Bertz CT molecular complexity index is 1770. The summed E-state index contributed by atoms with van der Waals surface area (Å²) in [6, 6.07) is 16.2. The van der Waals surface area contributed by atoms with Gasteiger partial charge in [-0.3, -0.25) is 0 Å². The van der Waals surface area contributed by atoms with Gasteiger partial charge in [-0.05, 0) is 92.4 Å². The molecule has 0 aliphatic rings. The molecule has 5 aromatic rings. The van der Waals surface area contributed by atoms with Gasteiger partial charge in [0.1, 0.15) is 40.2 Å². The topological polar surface area (TPSA) is 166 Å². The van der Waals surface area contributed by atoms with Gasteiger partial charge in [0.25, 0.3) is 0 Å². The van der Waals surface area contributed by atoms with Crippen molar-refractivity contribution in [2.45, 2.75) is 38.8 Å². The van der Waals surface area contributed by atoms with Gasteiger partial charge in [0.2, 0.25) is 0 Å². The highest BCUT2D eigenvalue weighted by Gasteiger charge is 2.23. The van der Waals surface area contributed by atoms with Crippen molar-refractivity contribution in [3.63, 3.8) is 0 Å². The van der Waals surface area contributed by atoms with Crippen LogP contribution in [0.15, 0.2) is 66.7 Å². The number of hydrogen-bond acceptors (Lipinski definition) is 9. The first-order valence-electron chi connectivity index (χ1n) is 13.2. The Morgan fingerprint density at radius 2 is 1.02 bits per heavy atom. The molecular formula is C32H32N2O7. The Kier molecular flexibility index (Phi) is 7.19. The average molecular weight is 557 g/mol. The van der Waals surface area contributed by atoms with Crippen LogP contribution in [0, 0.1) is 0 Å². The third-order valence-corrected chi connectivity index (χ3v) is 7.20. The van der Waals surface area contributed by atoms with Crippen LogP contribution in [0.5, 0.6) is 40.2 Å². The second kappa shape index (κ2) is 10.8. The third kappa shape index (κ3) is 5.34. The predicted molar refractivity (Wildman–Crippen MR) is 160 cm³/mol. The quantitative estimate of drug-likeness (QED) is 0.0821. The maximum atomic E-state index is 11.5. The van der Waals surface area contributed by atoms with E-state index in [1.54, 1.807) is 24.3 Å². The van der Waals surface area contributed by atoms with E-state index in [4.69, 9.17) is 0 Å². The molecule has 212 valence electrons. The number of fused-ring (bicyclic) bond motifs is 2. The summed E-state index contributed by atoms with van der Waals surface area (Å²) in [5.41, 5.74) is 2.06. The van der Waals surface area contributed by atoms with E-state index in [1.807, 2.05) is 13.8 Å². The molecule has 0 amide bonds. The Hall–Kier alpha value is -5.18. The Morgan fingerprint density at radius 1 is 0.537 bits per heavy atom. The molecular weight excluding hydrogens is 524 g/mol. The second-order valence-electron chi connectivity index (χ2n) is 10.4. The number of anilines is 2. The van der Waals surface area contributed by atoms with E-state index in [0.29, 0.717) is 40.7 Å². The SMILES string of the molecule is CC(Cc1cc(O)ccc1O)Nc1ccc(NC(C)Cc2cc(O)ccc2O)c2c(O)c3c(O)cccc3c(O)c12. The molecule has 0 fully saturated rings. The first-order chi connectivity index (χ1) is 19.5. The Labute approximate surface area is 236 Å².